The Morgan fingerprint density at radius 2 is 1.73 bits per heavy atom. The summed E-state index contributed by atoms with van der Waals surface area (Å²) in [5.41, 5.74) is -0.509. The van der Waals surface area contributed by atoms with E-state index in [2.05, 4.69) is 5.32 Å². The average molecular weight is 427 g/mol. The highest BCUT2D eigenvalue weighted by molar-refractivity contribution is 5.82. The summed E-state index contributed by atoms with van der Waals surface area (Å²) in [4.78, 5) is 28.8. The minimum absolute atomic E-state index is 0.0151. The summed E-state index contributed by atoms with van der Waals surface area (Å²) in [5.74, 6) is -0.180. The molecule has 9 heteroatoms. The van der Waals surface area contributed by atoms with Crippen LogP contribution >= 0.6 is 0 Å². The molecule has 166 valence electrons. The van der Waals surface area contributed by atoms with Gasteiger partial charge in [-0.3, -0.25) is 9.59 Å². The van der Waals surface area contributed by atoms with E-state index in [0.717, 1.165) is 12.1 Å². The fourth-order valence-electron chi connectivity index (χ4n) is 4.09. The topological polar surface area (TPSA) is 61.9 Å². The first kappa shape index (κ1) is 22.4. The molecule has 2 fully saturated rings. The number of carbonyl (C=O) groups excluding carboxylic acids is 2. The number of carbonyl (C=O) groups is 2. The van der Waals surface area contributed by atoms with E-state index in [-0.39, 0.29) is 42.2 Å². The van der Waals surface area contributed by atoms with E-state index >= 15 is 0 Å². The van der Waals surface area contributed by atoms with Gasteiger partial charge in [0.1, 0.15) is 0 Å². The van der Waals surface area contributed by atoms with Gasteiger partial charge < -0.3 is 19.9 Å². The van der Waals surface area contributed by atoms with Crippen molar-refractivity contribution in [3.63, 3.8) is 0 Å². The van der Waals surface area contributed by atoms with Crippen molar-refractivity contribution >= 4 is 17.5 Å². The maximum absolute atomic E-state index is 12.8. The number of halogens is 3. The predicted octanol–water partition coefficient (Wildman–Crippen LogP) is 2.99. The second-order valence-electron chi connectivity index (χ2n) is 8.09. The number of ether oxygens (including phenoxy) is 1. The number of morpholine rings is 1. The number of nitrogens with one attached hydrogen (secondary N) is 1. The summed E-state index contributed by atoms with van der Waals surface area (Å²) in [6, 6.07) is 4.78. The number of amides is 2. The van der Waals surface area contributed by atoms with E-state index in [1.54, 1.807) is 4.90 Å². The normalized spacial score (nSPS) is 23.4. The molecule has 2 aliphatic rings. The first-order chi connectivity index (χ1) is 14.1. The molecule has 30 heavy (non-hydrogen) atoms. The van der Waals surface area contributed by atoms with Crippen molar-refractivity contribution in [3.8, 4) is 0 Å². The Labute approximate surface area is 174 Å². The molecular weight excluding hydrogens is 399 g/mol. The first-order valence-electron chi connectivity index (χ1n) is 10.3. The van der Waals surface area contributed by atoms with Crippen LogP contribution < -0.4 is 5.32 Å². The van der Waals surface area contributed by atoms with Gasteiger partial charge in [-0.25, -0.2) is 0 Å². The fraction of sp³-hybridized carbons (Fsp3) is 0.619. The summed E-state index contributed by atoms with van der Waals surface area (Å²) in [6.45, 7) is 5.93. The number of nitrogens with zero attached hydrogens (tertiary/aromatic N) is 2. The molecular formula is C21H28F3N3O3. The van der Waals surface area contributed by atoms with Crippen molar-refractivity contribution in [2.75, 3.05) is 38.0 Å². The first-order valence-corrected chi connectivity index (χ1v) is 10.3. The summed E-state index contributed by atoms with van der Waals surface area (Å²) >= 11 is 0. The Morgan fingerprint density at radius 1 is 1.10 bits per heavy atom. The van der Waals surface area contributed by atoms with E-state index in [4.69, 9.17) is 4.74 Å². The lowest BCUT2D eigenvalue weighted by Crippen LogP contribution is -2.52. The molecule has 0 spiro atoms. The van der Waals surface area contributed by atoms with Gasteiger partial charge in [-0.1, -0.05) is 6.07 Å². The van der Waals surface area contributed by atoms with Crippen molar-refractivity contribution in [3.05, 3.63) is 29.8 Å². The van der Waals surface area contributed by atoms with Crippen LogP contribution in [0, 0.1) is 5.92 Å². The summed E-state index contributed by atoms with van der Waals surface area (Å²) < 4.78 is 44.1. The molecule has 2 atom stereocenters. The third-order valence-electron chi connectivity index (χ3n) is 5.56. The Bertz CT molecular complexity index is 753. The van der Waals surface area contributed by atoms with Gasteiger partial charge in [0, 0.05) is 37.8 Å². The van der Waals surface area contributed by atoms with Gasteiger partial charge in [-0.2, -0.15) is 13.2 Å². The number of alkyl halides is 3. The van der Waals surface area contributed by atoms with Crippen molar-refractivity contribution in [1.29, 1.82) is 0 Å². The van der Waals surface area contributed by atoms with Crippen LogP contribution in [0.3, 0.4) is 0 Å². The van der Waals surface area contributed by atoms with E-state index in [9.17, 15) is 22.8 Å². The third-order valence-corrected chi connectivity index (χ3v) is 5.56. The van der Waals surface area contributed by atoms with Crippen LogP contribution in [-0.2, 0) is 20.5 Å². The Balaban J connectivity index is 1.47. The van der Waals surface area contributed by atoms with Gasteiger partial charge in [0.25, 0.3) is 0 Å². The van der Waals surface area contributed by atoms with Crippen LogP contribution in [0.4, 0.5) is 18.9 Å². The molecule has 2 unspecified atom stereocenters. The maximum Gasteiger partial charge on any atom is 0.416 e. The number of rotatable bonds is 4. The standard InChI is InChI=1S/C21H28F3N3O3/c1-14-12-27(13-15(2)30-14)20(29)16-6-8-26(9-7-16)19(28)11-25-18-5-3-4-17(10-18)21(22,23)24/h3-5,10,14-16,25H,6-9,11-13H2,1-2H3. The lowest BCUT2D eigenvalue weighted by atomic mass is 9.94. The highest BCUT2D eigenvalue weighted by atomic mass is 19.4. The van der Waals surface area contributed by atoms with Crippen LogP contribution in [0.2, 0.25) is 0 Å². The molecule has 1 aromatic carbocycles. The molecule has 0 bridgehead atoms. The number of piperidine rings is 1. The van der Waals surface area contributed by atoms with Gasteiger partial charge in [0.05, 0.1) is 24.3 Å². The highest BCUT2D eigenvalue weighted by Crippen LogP contribution is 2.30. The highest BCUT2D eigenvalue weighted by Gasteiger charge is 2.34. The molecule has 6 nitrogen and oxygen atoms in total. The van der Waals surface area contributed by atoms with Gasteiger partial charge in [-0.05, 0) is 44.9 Å². The minimum Gasteiger partial charge on any atom is -0.376 e. The molecule has 2 heterocycles. The zero-order chi connectivity index (χ0) is 21.9. The molecule has 0 aromatic heterocycles. The summed E-state index contributed by atoms with van der Waals surface area (Å²) in [5, 5.41) is 2.77. The Kier molecular flexibility index (Phi) is 6.90. The number of hydrogen-bond acceptors (Lipinski definition) is 4. The number of benzene rings is 1. The zero-order valence-electron chi connectivity index (χ0n) is 17.2. The maximum atomic E-state index is 12.8. The number of anilines is 1. The lowest BCUT2D eigenvalue weighted by molar-refractivity contribution is -0.150. The van der Waals surface area contributed by atoms with Gasteiger partial charge >= 0.3 is 6.18 Å². The largest absolute Gasteiger partial charge is 0.416 e. The Morgan fingerprint density at radius 3 is 2.33 bits per heavy atom. The van der Waals surface area contributed by atoms with Crippen LogP contribution in [0.25, 0.3) is 0 Å². The summed E-state index contributed by atoms with van der Waals surface area (Å²) in [6.07, 6.45) is -3.21. The van der Waals surface area contributed by atoms with Crippen LogP contribution in [0.5, 0.6) is 0 Å². The Hall–Kier alpha value is -2.29. The third kappa shape index (κ3) is 5.65. The lowest BCUT2D eigenvalue weighted by Gasteiger charge is -2.39. The van der Waals surface area contributed by atoms with Crippen molar-refractivity contribution in [2.45, 2.75) is 45.1 Å². The van der Waals surface area contributed by atoms with E-state index in [0.29, 0.717) is 39.0 Å². The molecule has 2 saturated heterocycles. The quantitative estimate of drug-likeness (QED) is 0.803. The molecule has 3 rings (SSSR count). The molecule has 2 amide bonds. The van der Waals surface area contributed by atoms with Gasteiger partial charge in [0.2, 0.25) is 11.8 Å². The molecule has 1 N–H and O–H groups in total. The van der Waals surface area contributed by atoms with Crippen molar-refractivity contribution < 1.29 is 27.5 Å². The zero-order valence-corrected chi connectivity index (χ0v) is 17.2. The SMILES string of the molecule is CC1CN(C(=O)C2CCN(C(=O)CNc3cccc(C(F)(F)F)c3)CC2)CC(C)O1. The number of hydrogen-bond donors (Lipinski definition) is 1. The molecule has 0 aliphatic carbocycles. The van der Waals surface area contributed by atoms with E-state index < -0.39 is 11.7 Å². The molecule has 0 saturated carbocycles. The van der Waals surface area contributed by atoms with Crippen LogP contribution in [0.1, 0.15) is 32.3 Å². The smallest absolute Gasteiger partial charge is 0.376 e. The second-order valence-corrected chi connectivity index (χ2v) is 8.09. The van der Waals surface area contributed by atoms with E-state index in [1.807, 2.05) is 18.7 Å². The number of likely N-dealkylation sites (tertiary alicyclic amines) is 1. The molecule has 0 radical (unpaired) electrons. The minimum atomic E-state index is -4.42. The second kappa shape index (κ2) is 9.24. The fourth-order valence-corrected chi connectivity index (χ4v) is 4.09. The van der Waals surface area contributed by atoms with Gasteiger partial charge in [-0.15, -0.1) is 0 Å². The van der Waals surface area contributed by atoms with E-state index in [1.165, 1.54) is 12.1 Å². The van der Waals surface area contributed by atoms with Crippen LogP contribution in [0.15, 0.2) is 24.3 Å². The van der Waals surface area contributed by atoms with Crippen LogP contribution in [-0.4, -0.2) is 66.5 Å². The monoisotopic (exact) mass is 427 g/mol. The summed E-state index contributed by atoms with van der Waals surface area (Å²) in [7, 11) is 0. The average Bonchev–Trinajstić information content (AvgIpc) is 2.70. The van der Waals surface area contributed by atoms with Crippen molar-refractivity contribution in [2.24, 2.45) is 5.92 Å². The predicted molar refractivity (Wildman–Crippen MR) is 106 cm³/mol. The molecule has 1 aromatic rings. The van der Waals surface area contributed by atoms with Gasteiger partial charge in [0.15, 0.2) is 0 Å². The van der Waals surface area contributed by atoms with Crippen molar-refractivity contribution in [1.82, 2.24) is 9.80 Å². The molecule has 2 aliphatic heterocycles.